The van der Waals surface area contributed by atoms with Gasteiger partial charge in [-0.15, -0.1) is 0 Å². The van der Waals surface area contributed by atoms with E-state index in [-0.39, 0.29) is 29.4 Å². The number of aromatic nitrogens is 4. The molecule has 5 rings (SSSR count). The Labute approximate surface area is 196 Å². The molecule has 10 nitrogen and oxygen atoms in total. The predicted molar refractivity (Wildman–Crippen MR) is 120 cm³/mol. The molecule has 2 unspecified atom stereocenters. The zero-order chi connectivity index (χ0) is 24.0. The number of hydrogen-bond donors (Lipinski definition) is 1. The van der Waals surface area contributed by atoms with Gasteiger partial charge in [0.05, 0.1) is 34.8 Å². The number of benzene rings is 2. The van der Waals surface area contributed by atoms with Crippen molar-refractivity contribution in [3.63, 3.8) is 0 Å². The van der Waals surface area contributed by atoms with E-state index in [9.17, 15) is 13.8 Å². The number of rotatable bonds is 6. The first kappa shape index (κ1) is 22.1. The maximum Gasteiger partial charge on any atom is 0.415 e. The molecule has 0 radical (unpaired) electrons. The Morgan fingerprint density at radius 2 is 2.06 bits per heavy atom. The lowest BCUT2D eigenvalue weighted by molar-refractivity contribution is -0.119. The SMILES string of the molecule is CC(=O)N[C@@H]1CC12CN(c1ccc(-c3ccc(CS(=O)c4nnnn4C)cc3)c(F)c1)C(=O)O2. The highest BCUT2D eigenvalue weighted by Gasteiger charge is 2.64. The number of carbonyl (C=O) groups excluding carboxylic acids is 2. The summed E-state index contributed by atoms with van der Waals surface area (Å²) in [7, 11) is 0.216. The van der Waals surface area contributed by atoms with Gasteiger partial charge in [0.1, 0.15) is 5.82 Å². The Bertz CT molecular complexity index is 1310. The lowest BCUT2D eigenvalue weighted by Crippen LogP contribution is -2.33. The van der Waals surface area contributed by atoms with Crippen LogP contribution in [0.15, 0.2) is 47.6 Å². The zero-order valence-electron chi connectivity index (χ0n) is 18.4. The number of halogens is 1. The Hall–Kier alpha value is -3.67. The van der Waals surface area contributed by atoms with Crippen LogP contribution >= 0.6 is 0 Å². The summed E-state index contributed by atoms with van der Waals surface area (Å²) in [6.45, 7) is 1.67. The topological polar surface area (TPSA) is 119 Å². The van der Waals surface area contributed by atoms with Crippen molar-refractivity contribution in [1.82, 2.24) is 25.5 Å². The molecule has 3 aromatic rings. The van der Waals surface area contributed by atoms with E-state index < -0.39 is 28.3 Å². The molecule has 1 aliphatic carbocycles. The van der Waals surface area contributed by atoms with Crippen molar-refractivity contribution in [1.29, 1.82) is 0 Å². The Kier molecular flexibility index (Phi) is 5.39. The highest BCUT2D eigenvalue weighted by Crippen LogP contribution is 2.46. The van der Waals surface area contributed by atoms with Crippen molar-refractivity contribution in [2.45, 2.75) is 35.9 Å². The summed E-state index contributed by atoms with van der Waals surface area (Å²) in [6.07, 6.45) is -0.0184. The summed E-state index contributed by atoms with van der Waals surface area (Å²) in [6, 6.07) is 11.4. The second-order valence-electron chi connectivity index (χ2n) is 8.41. The first-order valence-electron chi connectivity index (χ1n) is 10.5. The molecular formula is C22H21FN6O4S. The van der Waals surface area contributed by atoms with Gasteiger partial charge in [0, 0.05) is 26.0 Å². The van der Waals surface area contributed by atoms with Gasteiger partial charge in [0.2, 0.25) is 11.1 Å². The molecule has 1 aromatic heterocycles. The third-order valence-corrected chi connectivity index (χ3v) is 7.30. The summed E-state index contributed by atoms with van der Waals surface area (Å²) in [4.78, 5) is 25.1. The number of nitrogens with one attached hydrogen (secondary N) is 1. The molecule has 176 valence electrons. The van der Waals surface area contributed by atoms with Crippen LogP contribution in [0.3, 0.4) is 0 Å². The highest BCUT2D eigenvalue weighted by molar-refractivity contribution is 7.84. The van der Waals surface area contributed by atoms with Crippen molar-refractivity contribution < 1.29 is 22.9 Å². The molecule has 2 aromatic carbocycles. The van der Waals surface area contributed by atoms with E-state index in [1.165, 1.54) is 22.6 Å². The van der Waals surface area contributed by atoms with Crippen LogP contribution in [0.5, 0.6) is 0 Å². The molecule has 2 fully saturated rings. The first-order chi connectivity index (χ1) is 16.3. The van der Waals surface area contributed by atoms with Crippen molar-refractivity contribution in [3.8, 4) is 11.1 Å². The first-order valence-corrected chi connectivity index (χ1v) is 11.8. The second kappa shape index (κ2) is 8.28. The average Bonchev–Trinajstić information content (AvgIpc) is 3.09. The molecular weight excluding hydrogens is 463 g/mol. The van der Waals surface area contributed by atoms with E-state index in [1.807, 2.05) is 0 Å². The fraction of sp³-hybridized carbons (Fsp3) is 0.318. The highest BCUT2D eigenvalue weighted by atomic mass is 32.2. The smallest absolute Gasteiger partial charge is 0.415 e. The van der Waals surface area contributed by atoms with E-state index >= 15 is 4.39 Å². The molecule has 2 amide bonds. The van der Waals surface area contributed by atoms with Gasteiger partial charge in [-0.25, -0.2) is 13.9 Å². The Balaban J connectivity index is 1.29. The molecule has 2 aliphatic rings. The lowest BCUT2D eigenvalue weighted by atomic mass is 10.0. The van der Waals surface area contributed by atoms with Gasteiger partial charge in [-0.05, 0) is 39.8 Å². The largest absolute Gasteiger partial charge is 0.438 e. The average molecular weight is 485 g/mol. The molecule has 1 N–H and O–H groups in total. The monoisotopic (exact) mass is 484 g/mol. The number of aryl methyl sites for hydroxylation is 1. The summed E-state index contributed by atoms with van der Waals surface area (Å²) >= 11 is 0. The van der Waals surface area contributed by atoms with Crippen LogP contribution in [0, 0.1) is 5.82 Å². The fourth-order valence-electron chi connectivity index (χ4n) is 4.11. The van der Waals surface area contributed by atoms with Crippen molar-refractivity contribution in [3.05, 3.63) is 53.8 Å². The Morgan fingerprint density at radius 3 is 2.71 bits per heavy atom. The van der Waals surface area contributed by atoms with Gasteiger partial charge in [-0.3, -0.25) is 13.9 Å². The normalized spacial score (nSPS) is 22.0. The number of carbonyl (C=O) groups is 2. The summed E-state index contributed by atoms with van der Waals surface area (Å²) in [5.74, 6) is -0.439. The number of anilines is 1. The standard InChI is InChI=1S/C22H21FN6O4S/c1-13(30)24-19-10-22(19)12-29(21(31)33-22)16-7-8-17(18(23)9-16)15-5-3-14(4-6-15)11-34(32)20-25-26-27-28(20)2/h3-9,19H,10-12H2,1-2H3,(H,24,30)/t19-,22?,34?/m1/s1. The Morgan fingerprint density at radius 1 is 1.29 bits per heavy atom. The second-order valence-corrected chi connectivity index (χ2v) is 9.76. The van der Waals surface area contributed by atoms with Crippen LogP contribution in [0.1, 0.15) is 18.9 Å². The van der Waals surface area contributed by atoms with Crippen LogP contribution < -0.4 is 10.2 Å². The van der Waals surface area contributed by atoms with E-state index in [0.29, 0.717) is 23.2 Å². The molecule has 1 aliphatic heterocycles. The molecule has 1 spiro atoms. The number of ether oxygens (including phenoxy) is 1. The third-order valence-electron chi connectivity index (χ3n) is 5.95. The number of amides is 2. The molecule has 34 heavy (non-hydrogen) atoms. The number of tetrazole rings is 1. The number of hydrogen-bond acceptors (Lipinski definition) is 7. The molecule has 12 heteroatoms. The van der Waals surface area contributed by atoms with Crippen LogP contribution in [-0.4, -0.2) is 54.6 Å². The maximum atomic E-state index is 15.0. The summed E-state index contributed by atoms with van der Waals surface area (Å²) < 4.78 is 34.3. The van der Waals surface area contributed by atoms with Gasteiger partial charge >= 0.3 is 6.09 Å². The summed E-state index contributed by atoms with van der Waals surface area (Å²) in [5, 5.41) is 14.0. The van der Waals surface area contributed by atoms with Crippen LogP contribution in [-0.2, 0) is 33.1 Å². The van der Waals surface area contributed by atoms with E-state index in [1.54, 1.807) is 43.4 Å². The maximum absolute atomic E-state index is 15.0. The van der Waals surface area contributed by atoms with Crippen LogP contribution in [0.25, 0.3) is 11.1 Å². The molecule has 2 heterocycles. The van der Waals surface area contributed by atoms with Crippen molar-refractivity contribution >= 4 is 28.5 Å². The minimum atomic E-state index is -1.41. The molecule has 1 saturated carbocycles. The minimum absolute atomic E-state index is 0.185. The van der Waals surface area contributed by atoms with Gasteiger partial charge in [0.15, 0.2) is 5.60 Å². The van der Waals surface area contributed by atoms with Crippen LogP contribution in [0.2, 0.25) is 0 Å². The van der Waals surface area contributed by atoms with Gasteiger partial charge in [0.25, 0.3) is 0 Å². The minimum Gasteiger partial charge on any atom is -0.438 e. The van der Waals surface area contributed by atoms with E-state index in [2.05, 4.69) is 20.8 Å². The van der Waals surface area contributed by atoms with E-state index in [4.69, 9.17) is 4.74 Å². The van der Waals surface area contributed by atoms with Crippen molar-refractivity contribution in [2.75, 3.05) is 11.4 Å². The molecule has 3 atom stereocenters. The number of nitrogens with zero attached hydrogens (tertiary/aromatic N) is 5. The summed E-state index contributed by atoms with van der Waals surface area (Å²) in [5.41, 5.74) is 1.46. The third kappa shape index (κ3) is 4.04. The molecule has 1 saturated heterocycles. The van der Waals surface area contributed by atoms with Crippen LogP contribution in [0.4, 0.5) is 14.9 Å². The van der Waals surface area contributed by atoms with Gasteiger partial charge in [-0.2, -0.15) is 0 Å². The zero-order valence-corrected chi connectivity index (χ0v) is 19.2. The van der Waals surface area contributed by atoms with Gasteiger partial charge < -0.3 is 10.1 Å². The van der Waals surface area contributed by atoms with Crippen molar-refractivity contribution in [2.24, 2.45) is 7.05 Å². The van der Waals surface area contributed by atoms with E-state index in [0.717, 1.165) is 5.56 Å². The quantitative estimate of drug-likeness (QED) is 0.568. The lowest BCUT2D eigenvalue weighted by Gasteiger charge is -2.15. The molecule has 0 bridgehead atoms. The van der Waals surface area contributed by atoms with Gasteiger partial charge in [-0.1, -0.05) is 29.4 Å². The predicted octanol–water partition coefficient (Wildman–Crippen LogP) is 1.93. The fourth-order valence-corrected chi connectivity index (χ4v) is 5.19.